The summed E-state index contributed by atoms with van der Waals surface area (Å²) in [6, 6.07) is 5.54. The van der Waals surface area contributed by atoms with E-state index in [0.717, 1.165) is 17.1 Å². The van der Waals surface area contributed by atoms with Crippen molar-refractivity contribution < 1.29 is 19.1 Å². The van der Waals surface area contributed by atoms with Crippen LogP contribution in [0.15, 0.2) is 22.5 Å². The largest absolute Gasteiger partial charge is 0.454 e. The first kappa shape index (κ1) is 19.5. The summed E-state index contributed by atoms with van der Waals surface area (Å²) in [4.78, 5) is 24.6. The van der Waals surface area contributed by atoms with Crippen LogP contribution in [0, 0.1) is 6.92 Å². The van der Waals surface area contributed by atoms with E-state index in [9.17, 15) is 9.59 Å². The predicted molar refractivity (Wildman–Crippen MR) is 108 cm³/mol. The minimum atomic E-state index is -0.327. The fourth-order valence-corrected chi connectivity index (χ4v) is 4.47. The van der Waals surface area contributed by atoms with Gasteiger partial charge in [-0.05, 0) is 36.2 Å². The van der Waals surface area contributed by atoms with Crippen LogP contribution < -0.4 is 20.1 Å². The van der Waals surface area contributed by atoms with Crippen molar-refractivity contribution in [3.63, 3.8) is 0 Å². The van der Waals surface area contributed by atoms with E-state index in [1.54, 1.807) is 6.92 Å². The molecule has 2 amide bonds. The summed E-state index contributed by atoms with van der Waals surface area (Å²) in [7, 11) is 0. The molecule has 1 aromatic carbocycles. The van der Waals surface area contributed by atoms with Crippen molar-refractivity contribution in [1.82, 2.24) is 25.1 Å². The van der Waals surface area contributed by atoms with Gasteiger partial charge in [0.25, 0.3) is 5.91 Å². The number of nitrogens with one attached hydrogen (secondary N) is 2. The number of benzene rings is 1. The summed E-state index contributed by atoms with van der Waals surface area (Å²) in [6.45, 7) is 2.31. The molecule has 2 aromatic heterocycles. The summed E-state index contributed by atoms with van der Waals surface area (Å²) in [5.74, 6) is 1.10. The topological polar surface area (TPSA) is 128 Å². The highest BCUT2D eigenvalue weighted by molar-refractivity contribution is 8.01. The van der Waals surface area contributed by atoms with E-state index in [2.05, 4.69) is 30.4 Å². The maximum absolute atomic E-state index is 12.1. The number of aryl methyl sites for hydroxylation is 1. The highest BCUT2D eigenvalue weighted by Gasteiger charge is 2.16. The van der Waals surface area contributed by atoms with Crippen LogP contribution in [0.2, 0.25) is 0 Å². The first-order valence-electron chi connectivity index (χ1n) is 8.30. The number of nitrogens with zero attached hydrogens (tertiary/aromatic N) is 4. The van der Waals surface area contributed by atoms with Gasteiger partial charge in [0.05, 0.1) is 11.4 Å². The Morgan fingerprint density at radius 1 is 1.21 bits per heavy atom. The fraction of sp³-hybridized carbons (Fsp3) is 0.250. The zero-order chi connectivity index (χ0) is 20.2. The van der Waals surface area contributed by atoms with E-state index < -0.39 is 0 Å². The van der Waals surface area contributed by atoms with Gasteiger partial charge in [-0.1, -0.05) is 33.7 Å². The molecule has 29 heavy (non-hydrogen) atoms. The van der Waals surface area contributed by atoms with Crippen LogP contribution in [0.5, 0.6) is 11.5 Å². The Morgan fingerprint density at radius 2 is 2.07 bits per heavy atom. The first-order chi connectivity index (χ1) is 14.1. The molecule has 4 rings (SSSR count). The Hall–Kier alpha value is -2.77. The van der Waals surface area contributed by atoms with E-state index in [1.165, 1.54) is 23.1 Å². The molecule has 0 atom stereocenters. The number of hydrogen-bond acceptors (Lipinski definition) is 11. The van der Waals surface area contributed by atoms with Crippen LogP contribution in [0.25, 0.3) is 0 Å². The minimum absolute atomic E-state index is 0.139. The molecule has 3 heterocycles. The molecule has 150 valence electrons. The number of carbonyl (C=O) groups excluding carboxylic acids is 2. The quantitative estimate of drug-likeness (QED) is 0.411. The third kappa shape index (κ3) is 4.81. The number of fused-ring (bicyclic) bond motifs is 1. The Labute approximate surface area is 177 Å². The minimum Gasteiger partial charge on any atom is -0.454 e. The zero-order valence-electron chi connectivity index (χ0n) is 15.0. The third-order valence-corrected chi connectivity index (χ3v) is 6.54. The molecule has 0 bridgehead atoms. The van der Waals surface area contributed by atoms with Crippen LogP contribution >= 0.6 is 34.6 Å². The van der Waals surface area contributed by atoms with E-state index in [4.69, 9.17) is 9.47 Å². The Morgan fingerprint density at radius 3 is 2.90 bits per heavy atom. The van der Waals surface area contributed by atoms with Gasteiger partial charge in [-0.3, -0.25) is 14.9 Å². The van der Waals surface area contributed by atoms with E-state index in [-0.39, 0.29) is 24.4 Å². The van der Waals surface area contributed by atoms with Crippen LogP contribution in [-0.4, -0.2) is 44.1 Å². The molecule has 0 saturated heterocycles. The molecule has 0 aliphatic carbocycles. The van der Waals surface area contributed by atoms with Crippen molar-refractivity contribution in [2.45, 2.75) is 17.8 Å². The van der Waals surface area contributed by atoms with Gasteiger partial charge in [0.2, 0.25) is 17.8 Å². The fourth-order valence-electron chi connectivity index (χ4n) is 2.34. The Kier molecular flexibility index (Phi) is 5.87. The van der Waals surface area contributed by atoms with Gasteiger partial charge in [0, 0.05) is 6.54 Å². The van der Waals surface area contributed by atoms with Crippen molar-refractivity contribution >= 4 is 51.6 Å². The molecule has 1 aliphatic heterocycles. The number of hydrogen-bond donors (Lipinski definition) is 2. The van der Waals surface area contributed by atoms with Crippen molar-refractivity contribution in [1.29, 1.82) is 0 Å². The number of anilines is 1. The van der Waals surface area contributed by atoms with Crippen LogP contribution in [0.1, 0.15) is 20.9 Å². The number of amides is 2. The maximum Gasteiger partial charge on any atom is 0.271 e. The normalized spacial score (nSPS) is 12.0. The maximum atomic E-state index is 12.1. The SMILES string of the molecule is Cc1nnsc1C(=O)Nc1nnc(SCC(=O)NCc2ccc3c(c2)OCO3)s1. The lowest BCUT2D eigenvalue weighted by Crippen LogP contribution is -2.24. The van der Waals surface area contributed by atoms with E-state index in [1.807, 2.05) is 18.2 Å². The monoisotopic (exact) mass is 450 g/mol. The molecule has 10 nitrogen and oxygen atoms in total. The van der Waals surface area contributed by atoms with Gasteiger partial charge in [0.1, 0.15) is 4.88 Å². The molecule has 0 saturated carbocycles. The van der Waals surface area contributed by atoms with Crippen molar-refractivity contribution in [2.75, 3.05) is 17.9 Å². The van der Waals surface area contributed by atoms with E-state index in [0.29, 0.717) is 38.1 Å². The lowest BCUT2D eigenvalue weighted by Gasteiger charge is -2.05. The second kappa shape index (κ2) is 8.71. The average Bonchev–Trinajstić information content (AvgIpc) is 3.45. The lowest BCUT2D eigenvalue weighted by atomic mass is 10.2. The number of rotatable bonds is 7. The standard InChI is InChI=1S/C16H14N6O4S3/c1-8-13(29-22-19-8)14(24)18-15-20-21-16(28-15)27-6-12(23)17-5-9-2-3-10-11(4-9)26-7-25-10/h2-4H,5-7H2,1H3,(H,17,23)(H,18,20,24). The average molecular weight is 451 g/mol. The van der Waals surface area contributed by atoms with Crippen LogP contribution in [0.4, 0.5) is 5.13 Å². The number of carbonyl (C=O) groups is 2. The van der Waals surface area contributed by atoms with Crippen molar-refractivity contribution in [3.8, 4) is 11.5 Å². The van der Waals surface area contributed by atoms with Crippen molar-refractivity contribution in [3.05, 3.63) is 34.3 Å². The summed E-state index contributed by atoms with van der Waals surface area (Å²) in [5.41, 5.74) is 1.48. The molecular weight excluding hydrogens is 436 g/mol. The predicted octanol–water partition coefficient (Wildman–Crippen LogP) is 2.09. The van der Waals surface area contributed by atoms with Gasteiger partial charge in [0.15, 0.2) is 15.8 Å². The zero-order valence-corrected chi connectivity index (χ0v) is 17.4. The summed E-state index contributed by atoms with van der Waals surface area (Å²) in [5, 5.41) is 17.6. The lowest BCUT2D eigenvalue weighted by molar-refractivity contribution is -0.118. The van der Waals surface area contributed by atoms with Gasteiger partial charge in [-0.2, -0.15) is 0 Å². The van der Waals surface area contributed by atoms with Gasteiger partial charge in [-0.15, -0.1) is 15.3 Å². The second-order valence-corrected chi connectivity index (χ2v) is 8.72. The van der Waals surface area contributed by atoms with Gasteiger partial charge >= 0.3 is 0 Å². The number of ether oxygens (including phenoxy) is 2. The van der Waals surface area contributed by atoms with Crippen molar-refractivity contribution in [2.24, 2.45) is 0 Å². The Balaban J connectivity index is 1.23. The first-order valence-corrected chi connectivity index (χ1v) is 10.9. The molecule has 2 N–H and O–H groups in total. The molecule has 0 radical (unpaired) electrons. The highest BCUT2D eigenvalue weighted by atomic mass is 32.2. The third-order valence-electron chi connectivity index (χ3n) is 3.74. The van der Waals surface area contributed by atoms with Gasteiger partial charge < -0.3 is 14.8 Å². The number of aromatic nitrogens is 4. The van der Waals surface area contributed by atoms with Crippen LogP contribution in [-0.2, 0) is 11.3 Å². The molecule has 1 aliphatic rings. The van der Waals surface area contributed by atoms with E-state index >= 15 is 0 Å². The smallest absolute Gasteiger partial charge is 0.271 e. The molecule has 0 fully saturated rings. The van der Waals surface area contributed by atoms with Gasteiger partial charge in [-0.25, -0.2) is 0 Å². The molecule has 0 spiro atoms. The summed E-state index contributed by atoms with van der Waals surface area (Å²) < 4.78 is 14.9. The molecule has 0 unspecified atom stereocenters. The molecule has 3 aromatic rings. The summed E-state index contributed by atoms with van der Waals surface area (Å²) in [6.07, 6.45) is 0. The van der Waals surface area contributed by atoms with Crippen LogP contribution in [0.3, 0.4) is 0 Å². The Bertz CT molecular complexity index is 1050. The molecular formula is C16H14N6O4S3. The highest BCUT2D eigenvalue weighted by Crippen LogP contribution is 2.32. The second-order valence-electron chi connectivity index (χ2n) is 5.77. The number of thioether (sulfide) groups is 1. The molecule has 13 heteroatoms. The summed E-state index contributed by atoms with van der Waals surface area (Å²) >= 11 is 3.46.